The van der Waals surface area contributed by atoms with Gasteiger partial charge in [0, 0.05) is 18.0 Å². The van der Waals surface area contributed by atoms with Gasteiger partial charge in [0.25, 0.3) is 0 Å². The molecule has 146 valence electrons. The maximum Gasteiger partial charge on any atom is 0.144 e. The summed E-state index contributed by atoms with van der Waals surface area (Å²) < 4.78 is 2.27. The number of para-hydroxylation sites is 1. The van der Waals surface area contributed by atoms with Gasteiger partial charge in [0.2, 0.25) is 0 Å². The Morgan fingerprint density at radius 3 is 1.90 bits per heavy atom. The first-order valence-corrected chi connectivity index (χ1v) is 10.4. The Kier molecular flexibility index (Phi) is 5.35. The van der Waals surface area contributed by atoms with Gasteiger partial charge >= 0.3 is 0 Å². The molecule has 1 aromatic heterocycles. The molecule has 0 spiro atoms. The van der Waals surface area contributed by atoms with Gasteiger partial charge in [-0.1, -0.05) is 94.4 Å². The van der Waals surface area contributed by atoms with Crippen LogP contribution in [0, 0.1) is 0 Å². The predicted octanol–water partition coefficient (Wildman–Crippen LogP) is 7.45. The first-order valence-electron chi connectivity index (χ1n) is 10.4. The van der Waals surface area contributed by atoms with E-state index < -0.39 is 0 Å². The lowest BCUT2D eigenvalue weighted by Gasteiger charge is -2.22. The fourth-order valence-electron chi connectivity index (χ4n) is 3.96. The zero-order chi connectivity index (χ0) is 20.4. The molecule has 29 heavy (non-hydrogen) atoms. The number of benzene rings is 3. The van der Waals surface area contributed by atoms with E-state index in [1.54, 1.807) is 0 Å². The monoisotopic (exact) mass is 380 g/mol. The van der Waals surface area contributed by atoms with E-state index in [0.29, 0.717) is 11.8 Å². The van der Waals surface area contributed by atoms with Gasteiger partial charge in [-0.05, 0) is 40.2 Å². The summed E-state index contributed by atoms with van der Waals surface area (Å²) in [6.45, 7) is 9.04. The molecule has 2 heteroatoms. The lowest BCUT2D eigenvalue weighted by atomic mass is 9.92. The van der Waals surface area contributed by atoms with E-state index in [1.807, 2.05) is 6.20 Å². The third-order valence-electron chi connectivity index (χ3n) is 5.45. The van der Waals surface area contributed by atoms with Gasteiger partial charge in [-0.25, -0.2) is 4.98 Å². The molecular formula is C27H28N2. The summed E-state index contributed by atoms with van der Waals surface area (Å²) in [4.78, 5) is 4.76. The van der Waals surface area contributed by atoms with Crippen molar-refractivity contribution in [3.8, 4) is 28.2 Å². The third kappa shape index (κ3) is 3.75. The van der Waals surface area contributed by atoms with Crippen LogP contribution in [-0.2, 0) is 0 Å². The van der Waals surface area contributed by atoms with Gasteiger partial charge in [-0.2, -0.15) is 0 Å². The highest BCUT2D eigenvalue weighted by atomic mass is 15.1. The summed E-state index contributed by atoms with van der Waals surface area (Å²) in [5.41, 5.74) is 7.54. The van der Waals surface area contributed by atoms with E-state index in [-0.39, 0.29) is 0 Å². The van der Waals surface area contributed by atoms with Crippen LogP contribution in [0.2, 0.25) is 0 Å². The Bertz CT molecular complexity index is 1080. The second-order valence-electron chi connectivity index (χ2n) is 8.16. The fourth-order valence-corrected chi connectivity index (χ4v) is 3.96. The molecule has 3 aromatic carbocycles. The Hall–Kier alpha value is -3.13. The molecule has 2 nitrogen and oxygen atoms in total. The van der Waals surface area contributed by atoms with Crippen molar-refractivity contribution in [2.75, 3.05) is 0 Å². The lowest BCUT2D eigenvalue weighted by Crippen LogP contribution is -2.07. The minimum atomic E-state index is 0.439. The van der Waals surface area contributed by atoms with Crippen LogP contribution in [0.3, 0.4) is 0 Å². The highest BCUT2D eigenvalue weighted by Crippen LogP contribution is 2.34. The van der Waals surface area contributed by atoms with Crippen molar-refractivity contribution in [2.24, 2.45) is 0 Å². The maximum absolute atomic E-state index is 4.76. The molecule has 4 aromatic rings. The Morgan fingerprint density at radius 1 is 0.655 bits per heavy atom. The van der Waals surface area contributed by atoms with Crippen molar-refractivity contribution in [1.82, 2.24) is 9.55 Å². The number of nitrogens with zero attached hydrogens (tertiary/aromatic N) is 2. The van der Waals surface area contributed by atoms with Crippen LogP contribution in [0.5, 0.6) is 0 Å². The van der Waals surface area contributed by atoms with Crippen LogP contribution < -0.4 is 0 Å². The summed E-state index contributed by atoms with van der Waals surface area (Å²) in [5.74, 6) is 1.86. The van der Waals surface area contributed by atoms with Crippen molar-refractivity contribution in [3.05, 3.63) is 96.3 Å². The number of hydrogen-bond donors (Lipinski definition) is 0. The molecule has 0 saturated carbocycles. The highest BCUT2D eigenvalue weighted by molar-refractivity contribution is 5.71. The molecule has 0 aliphatic rings. The average Bonchev–Trinajstić information content (AvgIpc) is 3.23. The van der Waals surface area contributed by atoms with Crippen LogP contribution in [-0.4, -0.2) is 9.55 Å². The highest BCUT2D eigenvalue weighted by Gasteiger charge is 2.18. The predicted molar refractivity (Wildman–Crippen MR) is 123 cm³/mol. The first kappa shape index (κ1) is 19.2. The van der Waals surface area contributed by atoms with Crippen LogP contribution in [0.4, 0.5) is 0 Å². The van der Waals surface area contributed by atoms with Gasteiger partial charge < -0.3 is 0 Å². The second kappa shape index (κ2) is 8.08. The van der Waals surface area contributed by atoms with Gasteiger partial charge in [0.1, 0.15) is 5.82 Å². The number of rotatable bonds is 5. The molecule has 4 rings (SSSR count). The van der Waals surface area contributed by atoms with E-state index in [2.05, 4.69) is 111 Å². The SMILES string of the molecule is CC(C)c1cccc(C(C)C)c1-n1ccnc1-c1cccc(-c2ccccc2)c1. The number of aromatic nitrogens is 2. The Balaban J connectivity index is 1.88. The van der Waals surface area contributed by atoms with E-state index in [9.17, 15) is 0 Å². The smallest absolute Gasteiger partial charge is 0.144 e. The topological polar surface area (TPSA) is 17.8 Å². The summed E-state index contributed by atoms with van der Waals surface area (Å²) in [7, 11) is 0. The summed E-state index contributed by atoms with van der Waals surface area (Å²) in [5, 5.41) is 0. The molecule has 0 aliphatic heterocycles. The minimum Gasteiger partial charge on any atom is -0.299 e. The Labute approximate surface area is 173 Å². The van der Waals surface area contributed by atoms with Crippen molar-refractivity contribution >= 4 is 0 Å². The number of imidazole rings is 1. The summed E-state index contributed by atoms with van der Waals surface area (Å²) in [6, 6.07) is 25.9. The normalized spacial score (nSPS) is 11.4. The molecule has 0 saturated heterocycles. The molecule has 1 heterocycles. The van der Waals surface area contributed by atoms with E-state index in [1.165, 1.54) is 27.9 Å². The van der Waals surface area contributed by atoms with Crippen LogP contribution >= 0.6 is 0 Å². The molecular weight excluding hydrogens is 352 g/mol. The van der Waals surface area contributed by atoms with Gasteiger partial charge in [0.15, 0.2) is 0 Å². The molecule has 0 unspecified atom stereocenters. The van der Waals surface area contributed by atoms with Crippen LogP contribution in [0.1, 0.15) is 50.7 Å². The summed E-state index contributed by atoms with van der Waals surface area (Å²) in [6.07, 6.45) is 4.00. The van der Waals surface area contributed by atoms with Gasteiger partial charge in [-0.3, -0.25) is 4.57 Å². The molecule has 0 radical (unpaired) electrons. The third-order valence-corrected chi connectivity index (χ3v) is 5.45. The van der Waals surface area contributed by atoms with Crippen molar-refractivity contribution in [2.45, 2.75) is 39.5 Å². The number of hydrogen-bond acceptors (Lipinski definition) is 1. The lowest BCUT2D eigenvalue weighted by molar-refractivity contribution is 0.807. The average molecular weight is 381 g/mol. The zero-order valence-corrected chi connectivity index (χ0v) is 17.6. The van der Waals surface area contributed by atoms with Crippen molar-refractivity contribution in [1.29, 1.82) is 0 Å². The Morgan fingerprint density at radius 2 is 1.24 bits per heavy atom. The van der Waals surface area contributed by atoms with Gasteiger partial charge in [0.05, 0.1) is 5.69 Å². The molecule has 0 amide bonds. The maximum atomic E-state index is 4.76. The molecule has 0 N–H and O–H groups in total. The van der Waals surface area contributed by atoms with E-state index in [4.69, 9.17) is 4.98 Å². The van der Waals surface area contributed by atoms with Crippen molar-refractivity contribution < 1.29 is 0 Å². The molecule has 0 atom stereocenters. The minimum absolute atomic E-state index is 0.439. The summed E-state index contributed by atoms with van der Waals surface area (Å²) >= 11 is 0. The molecule has 0 aliphatic carbocycles. The quantitative estimate of drug-likeness (QED) is 0.351. The molecule has 0 bridgehead atoms. The van der Waals surface area contributed by atoms with Crippen molar-refractivity contribution in [3.63, 3.8) is 0 Å². The second-order valence-corrected chi connectivity index (χ2v) is 8.16. The van der Waals surface area contributed by atoms with E-state index in [0.717, 1.165) is 11.4 Å². The van der Waals surface area contributed by atoms with Gasteiger partial charge in [-0.15, -0.1) is 0 Å². The fraction of sp³-hybridized carbons (Fsp3) is 0.222. The standard InChI is InChI=1S/C27H28N2/c1-19(2)24-14-9-15-25(20(3)4)26(24)29-17-16-28-27(29)23-13-8-12-22(18-23)21-10-6-5-7-11-21/h5-20H,1-4H3. The van der Waals surface area contributed by atoms with Crippen LogP contribution in [0.25, 0.3) is 28.2 Å². The first-order chi connectivity index (χ1) is 14.1. The van der Waals surface area contributed by atoms with Crippen LogP contribution in [0.15, 0.2) is 85.2 Å². The molecule has 0 fully saturated rings. The largest absolute Gasteiger partial charge is 0.299 e. The van der Waals surface area contributed by atoms with E-state index >= 15 is 0 Å². The zero-order valence-electron chi connectivity index (χ0n) is 17.6.